The van der Waals surface area contributed by atoms with Crippen molar-refractivity contribution in [2.45, 2.75) is 0 Å². The van der Waals surface area contributed by atoms with Crippen molar-refractivity contribution >= 4 is 17.3 Å². The van der Waals surface area contributed by atoms with Gasteiger partial charge >= 0.3 is 0 Å². The zero-order valence-electron chi connectivity index (χ0n) is 4.13. The van der Waals surface area contributed by atoms with E-state index >= 15 is 0 Å². The molecule has 0 aliphatic rings. The number of halogens is 1. The van der Waals surface area contributed by atoms with Gasteiger partial charge in [-0.25, -0.2) is 0 Å². The molecule has 0 aromatic heterocycles. The third-order valence-corrected chi connectivity index (χ3v) is 1.17. The molecular weight excluding hydrogens is 122 g/mol. The highest BCUT2D eigenvalue weighted by Gasteiger charge is 1.90. The van der Waals surface area contributed by atoms with Crippen LogP contribution in [0, 0.1) is 0 Å². The molecule has 0 unspecified atom stereocenters. The van der Waals surface area contributed by atoms with Crippen molar-refractivity contribution in [1.82, 2.24) is 5.73 Å². The van der Waals surface area contributed by atoms with Crippen LogP contribution in [0.5, 0.6) is 0 Å². The SMILES string of the molecule is [N]c1ccccc1Cl. The third-order valence-electron chi connectivity index (χ3n) is 0.852. The minimum absolute atomic E-state index is 0.133. The van der Waals surface area contributed by atoms with Crippen LogP contribution in [0.3, 0.4) is 0 Å². The van der Waals surface area contributed by atoms with Gasteiger partial charge in [0, 0.05) is 0 Å². The lowest BCUT2D eigenvalue weighted by Gasteiger charge is -1.87. The molecule has 0 spiro atoms. The number of rotatable bonds is 0. The molecule has 0 aliphatic heterocycles. The maximum atomic E-state index is 8.79. The van der Waals surface area contributed by atoms with E-state index in [4.69, 9.17) is 17.3 Å². The predicted molar refractivity (Wildman–Crippen MR) is 33.2 cm³/mol. The van der Waals surface area contributed by atoms with Crippen LogP contribution in [0.2, 0.25) is 5.02 Å². The van der Waals surface area contributed by atoms with E-state index in [-0.39, 0.29) is 5.69 Å². The number of hydrogen-bond acceptors (Lipinski definition) is 0. The first-order valence-electron chi connectivity index (χ1n) is 2.24. The summed E-state index contributed by atoms with van der Waals surface area (Å²) in [5.74, 6) is 0. The highest BCUT2D eigenvalue weighted by atomic mass is 35.5. The summed E-state index contributed by atoms with van der Waals surface area (Å²) in [6, 6.07) is 6.67. The lowest BCUT2D eigenvalue weighted by Crippen LogP contribution is -1.67. The van der Waals surface area contributed by atoms with Crippen LogP contribution < -0.4 is 5.73 Å². The standard InChI is InChI=1S/C6H4ClN/c7-5-3-1-2-4-6(5)8/h1-4H. The van der Waals surface area contributed by atoms with Crippen molar-refractivity contribution in [2.75, 3.05) is 0 Å². The molecule has 0 saturated carbocycles. The molecule has 0 fully saturated rings. The van der Waals surface area contributed by atoms with Gasteiger partial charge in [-0.15, -0.1) is 5.73 Å². The summed E-state index contributed by atoms with van der Waals surface area (Å²) < 4.78 is 0. The third kappa shape index (κ3) is 0.928. The van der Waals surface area contributed by atoms with Crippen molar-refractivity contribution in [3.05, 3.63) is 29.3 Å². The van der Waals surface area contributed by atoms with Crippen LogP contribution in [-0.2, 0) is 0 Å². The second-order valence-electron chi connectivity index (χ2n) is 1.45. The molecule has 0 amide bonds. The summed E-state index contributed by atoms with van der Waals surface area (Å²) in [6.45, 7) is 0. The molecular formula is C6H4ClN. The Morgan fingerprint density at radius 2 is 1.88 bits per heavy atom. The summed E-state index contributed by atoms with van der Waals surface area (Å²) in [6.07, 6.45) is 0. The Hall–Kier alpha value is -0.690. The van der Waals surface area contributed by atoms with Gasteiger partial charge in [0.15, 0.2) is 0 Å². The van der Waals surface area contributed by atoms with E-state index in [9.17, 15) is 0 Å². The average Bonchev–Trinajstić information content (AvgIpc) is 1.77. The molecule has 2 radical (unpaired) electrons. The van der Waals surface area contributed by atoms with Gasteiger partial charge in [-0.1, -0.05) is 23.7 Å². The Morgan fingerprint density at radius 1 is 1.25 bits per heavy atom. The van der Waals surface area contributed by atoms with Crippen LogP contribution in [0.15, 0.2) is 24.3 Å². The monoisotopic (exact) mass is 125 g/mol. The minimum atomic E-state index is 0.133. The Bertz CT molecular complexity index is 165. The Morgan fingerprint density at radius 3 is 2.25 bits per heavy atom. The van der Waals surface area contributed by atoms with Crippen LogP contribution >= 0.6 is 11.6 Å². The molecule has 1 aromatic carbocycles. The van der Waals surface area contributed by atoms with Crippen LogP contribution in [0.25, 0.3) is 0 Å². The molecule has 0 bridgehead atoms. The molecule has 1 aromatic rings. The largest absolute Gasteiger partial charge is 0.149 e. The smallest absolute Gasteiger partial charge is 0.104 e. The Kier molecular flexibility index (Phi) is 1.40. The summed E-state index contributed by atoms with van der Waals surface area (Å²) >= 11 is 5.46. The summed E-state index contributed by atoms with van der Waals surface area (Å²) in [7, 11) is 0. The first-order chi connectivity index (χ1) is 3.80. The van der Waals surface area contributed by atoms with Gasteiger partial charge in [0.2, 0.25) is 0 Å². The normalized spacial score (nSPS) is 9.12. The van der Waals surface area contributed by atoms with Gasteiger partial charge in [-0.05, 0) is 12.1 Å². The first-order valence-corrected chi connectivity index (χ1v) is 2.62. The molecule has 1 rings (SSSR count). The Labute approximate surface area is 53.1 Å². The van der Waals surface area contributed by atoms with E-state index in [1.54, 1.807) is 24.3 Å². The quantitative estimate of drug-likeness (QED) is 0.507. The Balaban J connectivity index is 3.13. The number of nitrogens with zero attached hydrogens (tertiary/aromatic N) is 1. The van der Waals surface area contributed by atoms with Gasteiger partial charge in [-0.3, -0.25) is 0 Å². The molecule has 0 heterocycles. The highest BCUT2D eigenvalue weighted by Crippen LogP contribution is 2.17. The zero-order valence-corrected chi connectivity index (χ0v) is 4.89. The summed E-state index contributed by atoms with van der Waals surface area (Å²) in [4.78, 5) is 0. The van der Waals surface area contributed by atoms with E-state index in [0.29, 0.717) is 5.02 Å². The van der Waals surface area contributed by atoms with Gasteiger partial charge in [0.25, 0.3) is 0 Å². The predicted octanol–water partition coefficient (Wildman–Crippen LogP) is 2.04. The van der Waals surface area contributed by atoms with Gasteiger partial charge < -0.3 is 0 Å². The minimum Gasteiger partial charge on any atom is -0.149 e. The maximum Gasteiger partial charge on any atom is 0.104 e. The topological polar surface area (TPSA) is 22.3 Å². The van der Waals surface area contributed by atoms with Crippen molar-refractivity contribution in [1.29, 1.82) is 0 Å². The molecule has 2 heteroatoms. The van der Waals surface area contributed by atoms with Crippen LogP contribution in [0.1, 0.15) is 0 Å². The van der Waals surface area contributed by atoms with Crippen molar-refractivity contribution in [3.8, 4) is 0 Å². The second-order valence-corrected chi connectivity index (χ2v) is 1.86. The number of benzene rings is 1. The van der Waals surface area contributed by atoms with Crippen molar-refractivity contribution in [2.24, 2.45) is 0 Å². The van der Waals surface area contributed by atoms with E-state index in [2.05, 4.69) is 0 Å². The summed E-state index contributed by atoms with van der Waals surface area (Å²) in [5, 5.41) is 0.396. The first kappa shape index (κ1) is 5.45. The van der Waals surface area contributed by atoms with Crippen LogP contribution in [0.4, 0.5) is 5.69 Å². The lowest BCUT2D eigenvalue weighted by molar-refractivity contribution is 1.49. The molecule has 0 saturated heterocycles. The van der Waals surface area contributed by atoms with Crippen LogP contribution in [-0.4, -0.2) is 0 Å². The molecule has 0 N–H and O–H groups in total. The van der Waals surface area contributed by atoms with Gasteiger partial charge in [0.05, 0.1) is 5.02 Å². The van der Waals surface area contributed by atoms with Crippen molar-refractivity contribution in [3.63, 3.8) is 0 Å². The second kappa shape index (κ2) is 2.05. The van der Waals surface area contributed by atoms with E-state index < -0.39 is 0 Å². The zero-order chi connectivity index (χ0) is 5.98. The van der Waals surface area contributed by atoms with E-state index in [1.807, 2.05) is 0 Å². The highest BCUT2D eigenvalue weighted by molar-refractivity contribution is 6.32. The number of hydrogen-bond donors (Lipinski definition) is 0. The average molecular weight is 126 g/mol. The molecule has 1 nitrogen and oxygen atoms in total. The van der Waals surface area contributed by atoms with Crippen molar-refractivity contribution < 1.29 is 0 Å². The fraction of sp³-hybridized carbons (Fsp3) is 0. The molecule has 40 valence electrons. The van der Waals surface area contributed by atoms with E-state index in [1.165, 1.54) is 0 Å². The maximum absolute atomic E-state index is 8.79. The summed E-state index contributed by atoms with van der Waals surface area (Å²) in [5.41, 5.74) is 8.92. The lowest BCUT2D eigenvalue weighted by atomic mass is 10.3. The van der Waals surface area contributed by atoms with Gasteiger partial charge in [0.1, 0.15) is 5.69 Å². The fourth-order valence-corrected chi connectivity index (χ4v) is 0.587. The molecule has 0 atom stereocenters. The molecule has 8 heavy (non-hydrogen) atoms. The molecule has 0 aliphatic carbocycles. The fourth-order valence-electron chi connectivity index (χ4n) is 0.452. The van der Waals surface area contributed by atoms with Gasteiger partial charge in [-0.2, -0.15) is 0 Å². The van der Waals surface area contributed by atoms with E-state index in [0.717, 1.165) is 0 Å².